The molecule has 0 aliphatic heterocycles. The molecule has 1 aromatic heterocycles. The van der Waals surface area contributed by atoms with Crippen molar-refractivity contribution in [3.8, 4) is 5.88 Å². The number of nitrogens with two attached hydrogens (primary N) is 1. The normalized spacial score (nSPS) is 10.7. The zero-order valence-corrected chi connectivity index (χ0v) is 12.6. The average molecular weight is 299 g/mol. The van der Waals surface area contributed by atoms with Crippen LogP contribution >= 0.6 is 0 Å². The molecular formula is C14H25N3O4. The predicted octanol–water partition coefficient (Wildman–Crippen LogP) is 1.29. The fraction of sp³-hybridized carbons (Fsp3) is 0.714. The van der Waals surface area contributed by atoms with E-state index >= 15 is 0 Å². The Morgan fingerprint density at radius 3 is 2.05 bits per heavy atom. The van der Waals surface area contributed by atoms with E-state index in [-0.39, 0.29) is 5.82 Å². The van der Waals surface area contributed by atoms with Crippen LogP contribution in [-0.2, 0) is 14.2 Å². The maximum atomic E-state index is 5.59. The molecule has 1 heterocycles. The average Bonchev–Trinajstić information content (AvgIpc) is 2.50. The van der Waals surface area contributed by atoms with Gasteiger partial charge in [0, 0.05) is 19.0 Å². The molecule has 0 bridgehead atoms. The van der Waals surface area contributed by atoms with Gasteiger partial charge in [0.2, 0.25) is 0 Å². The third-order valence-electron chi connectivity index (χ3n) is 2.54. The molecule has 0 atom stereocenters. The predicted molar refractivity (Wildman–Crippen MR) is 79.3 cm³/mol. The van der Waals surface area contributed by atoms with Gasteiger partial charge < -0.3 is 24.7 Å². The Kier molecular flexibility index (Phi) is 10.3. The summed E-state index contributed by atoms with van der Waals surface area (Å²) in [7, 11) is 0. The van der Waals surface area contributed by atoms with Crippen LogP contribution in [-0.4, -0.2) is 56.2 Å². The largest absolute Gasteiger partial charge is 0.473 e. The van der Waals surface area contributed by atoms with Gasteiger partial charge in [-0.3, -0.25) is 0 Å². The first-order chi connectivity index (χ1) is 10.3. The summed E-state index contributed by atoms with van der Waals surface area (Å²) in [5, 5.41) is 0. The smallest absolute Gasteiger partial charge is 0.257 e. The molecule has 7 heteroatoms. The molecule has 7 nitrogen and oxygen atoms in total. The van der Waals surface area contributed by atoms with Gasteiger partial charge in [-0.1, -0.05) is 13.3 Å². The molecule has 120 valence electrons. The van der Waals surface area contributed by atoms with Crippen molar-refractivity contribution >= 4 is 5.82 Å². The SMILES string of the molecule is CCCCOCCOCCOCCOc1nccnc1N. The lowest BCUT2D eigenvalue weighted by Gasteiger charge is -2.08. The maximum absolute atomic E-state index is 5.59. The molecule has 1 rings (SSSR count). The van der Waals surface area contributed by atoms with Gasteiger partial charge in [0.25, 0.3) is 5.88 Å². The van der Waals surface area contributed by atoms with E-state index in [0.29, 0.717) is 45.5 Å². The van der Waals surface area contributed by atoms with Crippen molar-refractivity contribution in [1.82, 2.24) is 9.97 Å². The first-order valence-corrected chi connectivity index (χ1v) is 7.27. The highest BCUT2D eigenvalue weighted by Crippen LogP contribution is 2.11. The Bertz CT molecular complexity index is 366. The Balaban J connectivity index is 1.84. The molecule has 21 heavy (non-hydrogen) atoms. The van der Waals surface area contributed by atoms with Gasteiger partial charge in [0.1, 0.15) is 6.61 Å². The van der Waals surface area contributed by atoms with Crippen LogP contribution in [0.3, 0.4) is 0 Å². The number of anilines is 1. The van der Waals surface area contributed by atoms with Crippen molar-refractivity contribution in [3.63, 3.8) is 0 Å². The highest BCUT2D eigenvalue weighted by molar-refractivity contribution is 5.38. The van der Waals surface area contributed by atoms with E-state index in [1.807, 2.05) is 0 Å². The Labute approximate surface area is 125 Å². The lowest BCUT2D eigenvalue weighted by atomic mass is 10.4. The minimum Gasteiger partial charge on any atom is -0.473 e. The number of nitrogen functional groups attached to an aromatic ring is 1. The second-order valence-electron chi connectivity index (χ2n) is 4.29. The third kappa shape index (κ3) is 9.17. The second kappa shape index (κ2) is 12.3. The summed E-state index contributed by atoms with van der Waals surface area (Å²) < 4.78 is 21.4. The Morgan fingerprint density at radius 2 is 1.43 bits per heavy atom. The lowest BCUT2D eigenvalue weighted by molar-refractivity contribution is 0.00875. The number of hydrogen-bond acceptors (Lipinski definition) is 7. The molecule has 0 saturated heterocycles. The lowest BCUT2D eigenvalue weighted by Crippen LogP contribution is -2.13. The van der Waals surface area contributed by atoms with Crippen LogP contribution in [0.1, 0.15) is 19.8 Å². The topological polar surface area (TPSA) is 88.7 Å². The van der Waals surface area contributed by atoms with Crippen LogP contribution in [0, 0.1) is 0 Å². The van der Waals surface area contributed by atoms with Crippen LogP contribution in [0.25, 0.3) is 0 Å². The van der Waals surface area contributed by atoms with E-state index in [4.69, 9.17) is 24.7 Å². The van der Waals surface area contributed by atoms with Gasteiger partial charge in [-0.15, -0.1) is 0 Å². The molecule has 0 aliphatic carbocycles. The summed E-state index contributed by atoms with van der Waals surface area (Å²) in [6.07, 6.45) is 5.29. The number of unbranched alkanes of at least 4 members (excludes halogenated alkanes) is 1. The van der Waals surface area contributed by atoms with Gasteiger partial charge >= 0.3 is 0 Å². The van der Waals surface area contributed by atoms with Crippen LogP contribution in [0.5, 0.6) is 5.88 Å². The number of hydrogen-bond donors (Lipinski definition) is 1. The van der Waals surface area contributed by atoms with Crippen molar-refractivity contribution in [3.05, 3.63) is 12.4 Å². The monoisotopic (exact) mass is 299 g/mol. The van der Waals surface area contributed by atoms with Gasteiger partial charge in [-0.25, -0.2) is 9.97 Å². The third-order valence-corrected chi connectivity index (χ3v) is 2.54. The zero-order chi connectivity index (χ0) is 15.2. The van der Waals surface area contributed by atoms with E-state index in [1.165, 1.54) is 12.4 Å². The molecule has 0 saturated carbocycles. The summed E-state index contributed by atoms with van der Waals surface area (Å²) in [5.41, 5.74) is 5.59. The quantitative estimate of drug-likeness (QED) is 0.549. The summed E-state index contributed by atoms with van der Waals surface area (Å²) in [6.45, 7) is 6.07. The van der Waals surface area contributed by atoms with E-state index in [2.05, 4.69) is 16.9 Å². The standard InChI is InChI=1S/C14H25N3O4/c1-2-3-6-18-7-8-19-9-10-20-11-12-21-14-13(15)16-4-5-17-14/h4-5H,2-3,6-12H2,1H3,(H2,15,16). The van der Waals surface area contributed by atoms with E-state index in [1.54, 1.807) is 0 Å². The van der Waals surface area contributed by atoms with E-state index < -0.39 is 0 Å². The van der Waals surface area contributed by atoms with Crippen molar-refractivity contribution in [2.45, 2.75) is 19.8 Å². The van der Waals surface area contributed by atoms with Crippen molar-refractivity contribution < 1.29 is 18.9 Å². The summed E-state index contributed by atoms with van der Waals surface area (Å²) in [4.78, 5) is 7.84. The van der Waals surface area contributed by atoms with E-state index in [9.17, 15) is 0 Å². The molecule has 0 spiro atoms. The Morgan fingerprint density at radius 1 is 0.857 bits per heavy atom. The molecule has 0 aliphatic rings. The van der Waals surface area contributed by atoms with E-state index in [0.717, 1.165) is 19.4 Å². The summed E-state index contributed by atoms with van der Waals surface area (Å²) in [5.74, 6) is 0.616. The minimum atomic E-state index is 0.281. The second-order valence-corrected chi connectivity index (χ2v) is 4.29. The van der Waals surface area contributed by atoms with Gasteiger partial charge in [0.05, 0.1) is 33.0 Å². The molecule has 0 radical (unpaired) electrons. The molecule has 0 unspecified atom stereocenters. The highest BCUT2D eigenvalue weighted by atomic mass is 16.6. The first kappa shape index (κ1) is 17.6. The fourth-order valence-electron chi connectivity index (χ4n) is 1.43. The number of aromatic nitrogens is 2. The van der Waals surface area contributed by atoms with Crippen molar-refractivity contribution in [2.24, 2.45) is 0 Å². The minimum absolute atomic E-state index is 0.281. The van der Waals surface area contributed by atoms with Crippen LogP contribution < -0.4 is 10.5 Å². The van der Waals surface area contributed by atoms with Gasteiger partial charge in [-0.2, -0.15) is 0 Å². The fourth-order valence-corrected chi connectivity index (χ4v) is 1.43. The molecule has 0 fully saturated rings. The van der Waals surface area contributed by atoms with Crippen molar-refractivity contribution in [2.75, 3.05) is 52.0 Å². The molecule has 2 N–H and O–H groups in total. The van der Waals surface area contributed by atoms with Crippen LogP contribution in [0.4, 0.5) is 5.82 Å². The maximum Gasteiger partial charge on any atom is 0.257 e. The zero-order valence-electron chi connectivity index (χ0n) is 12.6. The number of ether oxygens (including phenoxy) is 4. The molecule has 1 aromatic rings. The number of rotatable bonds is 13. The van der Waals surface area contributed by atoms with Crippen LogP contribution in [0.15, 0.2) is 12.4 Å². The van der Waals surface area contributed by atoms with Gasteiger partial charge in [-0.05, 0) is 6.42 Å². The number of nitrogens with zero attached hydrogens (tertiary/aromatic N) is 2. The molecule has 0 aromatic carbocycles. The van der Waals surface area contributed by atoms with Crippen LogP contribution in [0.2, 0.25) is 0 Å². The molecule has 0 amide bonds. The first-order valence-electron chi connectivity index (χ1n) is 7.27. The summed E-state index contributed by atoms with van der Waals surface area (Å²) in [6, 6.07) is 0. The van der Waals surface area contributed by atoms with Gasteiger partial charge in [0.15, 0.2) is 5.82 Å². The highest BCUT2D eigenvalue weighted by Gasteiger charge is 2.01. The summed E-state index contributed by atoms with van der Waals surface area (Å²) >= 11 is 0. The molecular weight excluding hydrogens is 274 g/mol. The van der Waals surface area contributed by atoms with Crippen molar-refractivity contribution in [1.29, 1.82) is 0 Å². The Hall–Kier alpha value is -1.44.